The monoisotopic (exact) mass is 418 g/mol. The average Bonchev–Trinajstić information content (AvgIpc) is 3.51. The minimum absolute atomic E-state index is 0.0182. The molecule has 30 heavy (non-hydrogen) atoms. The molecule has 0 spiro atoms. The Hall–Kier alpha value is -2.24. The van der Waals surface area contributed by atoms with Crippen LogP contribution in [0, 0.1) is 0 Å². The first-order chi connectivity index (χ1) is 14.5. The van der Waals surface area contributed by atoms with E-state index >= 15 is 0 Å². The third-order valence-electron chi connectivity index (χ3n) is 5.64. The van der Waals surface area contributed by atoms with Crippen molar-refractivity contribution in [2.45, 2.75) is 44.8 Å². The molecule has 0 aliphatic carbocycles. The van der Waals surface area contributed by atoms with Crippen molar-refractivity contribution in [3.8, 4) is 0 Å². The second kappa shape index (κ2) is 8.86. The molecule has 0 bridgehead atoms. The van der Waals surface area contributed by atoms with Crippen LogP contribution in [0.2, 0.25) is 5.04 Å². The van der Waals surface area contributed by atoms with Gasteiger partial charge < -0.3 is 13.9 Å². The zero-order valence-corrected chi connectivity index (χ0v) is 19.0. The van der Waals surface area contributed by atoms with Crippen LogP contribution in [0.5, 0.6) is 0 Å². The van der Waals surface area contributed by atoms with Gasteiger partial charge in [0.05, 0.1) is 13.2 Å². The molecule has 1 saturated heterocycles. The molecule has 0 saturated carbocycles. The van der Waals surface area contributed by atoms with Gasteiger partial charge in [-0.15, -0.1) is 0 Å². The van der Waals surface area contributed by atoms with Gasteiger partial charge in [-0.25, -0.2) is 0 Å². The van der Waals surface area contributed by atoms with Gasteiger partial charge in [-0.05, 0) is 21.0 Å². The molecule has 0 amide bonds. The van der Waals surface area contributed by atoms with Gasteiger partial charge in [-0.1, -0.05) is 112 Å². The van der Waals surface area contributed by atoms with E-state index in [0.717, 1.165) is 0 Å². The zero-order chi connectivity index (χ0) is 21.0. The molecule has 0 N–H and O–H groups in total. The van der Waals surface area contributed by atoms with Crippen LogP contribution in [0.15, 0.2) is 91.0 Å². The maximum atomic E-state index is 6.94. The second-order valence-electron chi connectivity index (χ2n) is 8.82. The fourth-order valence-corrected chi connectivity index (χ4v) is 8.65. The van der Waals surface area contributed by atoms with Crippen molar-refractivity contribution in [3.05, 3.63) is 96.6 Å². The van der Waals surface area contributed by atoms with Gasteiger partial charge >= 0.3 is 0 Å². The molecular weight excluding hydrogens is 388 g/mol. The molecule has 3 aromatic rings. The smallest absolute Gasteiger partial charge is 0.264 e. The minimum Gasteiger partial charge on any atom is -0.381 e. The van der Waals surface area contributed by atoms with Crippen molar-refractivity contribution in [2.75, 3.05) is 6.61 Å². The van der Waals surface area contributed by atoms with Crippen molar-refractivity contribution in [1.82, 2.24) is 0 Å². The molecule has 1 fully saturated rings. The van der Waals surface area contributed by atoms with Gasteiger partial charge in [0.2, 0.25) is 0 Å². The first-order valence-corrected chi connectivity index (χ1v) is 12.5. The van der Waals surface area contributed by atoms with E-state index in [4.69, 9.17) is 13.9 Å². The van der Waals surface area contributed by atoms with Crippen molar-refractivity contribution in [1.29, 1.82) is 0 Å². The standard InChI is InChI=1S/C26H30O3Si/c1-26(2,3)30(22-15-9-5-10-16-22,23-17-11-6-12-18-23)29-25-24(28-25)20-27-19-21-13-7-4-8-14-21/h4-18,24-25H,19-20H2,1-3H3/t24-,25+/m1/s1. The van der Waals surface area contributed by atoms with Crippen LogP contribution in [-0.4, -0.2) is 27.3 Å². The van der Waals surface area contributed by atoms with E-state index in [1.165, 1.54) is 15.9 Å². The predicted octanol–water partition coefficient (Wildman–Crippen LogP) is 4.50. The van der Waals surface area contributed by atoms with Gasteiger partial charge in [0.15, 0.2) is 6.29 Å². The van der Waals surface area contributed by atoms with E-state index in [-0.39, 0.29) is 17.4 Å². The Morgan fingerprint density at radius 2 is 1.27 bits per heavy atom. The van der Waals surface area contributed by atoms with E-state index < -0.39 is 8.32 Å². The molecular formula is C26H30O3Si. The number of benzene rings is 3. The summed E-state index contributed by atoms with van der Waals surface area (Å²) < 4.78 is 18.8. The highest BCUT2D eigenvalue weighted by molar-refractivity contribution is 6.99. The lowest BCUT2D eigenvalue weighted by Crippen LogP contribution is -2.67. The Kier molecular flexibility index (Phi) is 6.20. The molecule has 1 heterocycles. The van der Waals surface area contributed by atoms with Crippen LogP contribution in [0.1, 0.15) is 26.3 Å². The molecule has 156 valence electrons. The van der Waals surface area contributed by atoms with Gasteiger partial charge in [0, 0.05) is 0 Å². The highest BCUT2D eigenvalue weighted by Gasteiger charge is 2.56. The number of rotatable bonds is 8. The lowest BCUT2D eigenvalue weighted by Gasteiger charge is -2.42. The first-order valence-electron chi connectivity index (χ1n) is 10.6. The lowest BCUT2D eigenvalue weighted by atomic mass is 10.2. The maximum Gasteiger partial charge on any atom is 0.264 e. The summed E-state index contributed by atoms with van der Waals surface area (Å²) in [6.45, 7) is 7.97. The summed E-state index contributed by atoms with van der Waals surface area (Å²) in [7, 11) is -2.58. The molecule has 3 nitrogen and oxygen atoms in total. The third kappa shape index (κ3) is 4.42. The van der Waals surface area contributed by atoms with E-state index in [0.29, 0.717) is 13.2 Å². The fraction of sp³-hybridized carbons (Fsp3) is 0.308. The normalized spacial score (nSPS) is 18.9. The minimum atomic E-state index is -2.58. The molecule has 2 atom stereocenters. The van der Waals surface area contributed by atoms with Crippen LogP contribution >= 0.6 is 0 Å². The van der Waals surface area contributed by atoms with Gasteiger partial charge in [0.25, 0.3) is 8.32 Å². The summed E-state index contributed by atoms with van der Waals surface area (Å²) in [6.07, 6.45) is -0.248. The maximum absolute atomic E-state index is 6.94. The Morgan fingerprint density at radius 1 is 0.767 bits per heavy atom. The summed E-state index contributed by atoms with van der Waals surface area (Å²) >= 11 is 0. The quantitative estimate of drug-likeness (QED) is 0.398. The van der Waals surface area contributed by atoms with Crippen LogP contribution in [0.25, 0.3) is 0 Å². The molecule has 0 radical (unpaired) electrons. The van der Waals surface area contributed by atoms with E-state index in [1.54, 1.807) is 0 Å². The van der Waals surface area contributed by atoms with Crippen LogP contribution in [0.4, 0.5) is 0 Å². The van der Waals surface area contributed by atoms with Gasteiger partial charge in [-0.2, -0.15) is 0 Å². The molecule has 3 aromatic carbocycles. The Bertz CT molecular complexity index is 883. The fourth-order valence-electron chi connectivity index (χ4n) is 4.08. The first kappa shape index (κ1) is 21.0. The SMILES string of the molecule is CC(C)(C)[Si](O[C@@H]1O[C@@H]1COCc1ccccc1)(c1ccccc1)c1ccccc1. The van der Waals surface area contributed by atoms with E-state index in [2.05, 4.69) is 93.6 Å². The molecule has 1 aliphatic rings. The molecule has 4 rings (SSSR count). The topological polar surface area (TPSA) is 31.0 Å². The zero-order valence-electron chi connectivity index (χ0n) is 18.0. The summed E-state index contributed by atoms with van der Waals surface area (Å²) in [5, 5.41) is 2.48. The summed E-state index contributed by atoms with van der Waals surface area (Å²) in [5.74, 6) is 0. The lowest BCUT2D eigenvalue weighted by molar-refractivity contribution is 0.104. The van der Waals surface area contributed by atoms with E-state index in [9.17, 15) is 0 Å². The number of hydrogen-bond donors (Lipinski definition) is 0. The second-order valence-corrected chi connectivity index (χ2v) is 13.1. The van der Waals surface area contributed by atoms with E-state index in [1.807, 2.05) is 18.2 Å². The summed E-state index contributed by atoms with van der Waals surface area (Å²) in [6, 6.07) is 31.6. The highest BCUT2D eigenvalue weighted by atomic mass is 28.4. The molecule has 0 unspecified atom stereocenters. The number of hydrogen-bond acceptors (Lipinski definition) is 3. The molecule has 0 aromatic heterocycles. The Balaban J connectivity index is 1.53. The van der Waals surface area contributed by atoms with Gasteiger partial charge in [-0.3, -0.25) is 0 Å². The van der Waals surface area contributed by atoms with Crippen LogP contribution in [-0.2, 0) is 20.5 Å². The van der Waals surface area contributed by atoms with Crippen LogP contribution in [0.3, 0.4) is 0 Å². The van der Waals surface area contributed by atoms with Crippen molar-refractivity contribution in [3.63, 3.8) is 0 Å². The largest absolute Gasteiger partial charge is 0.381 e. The summed E-state index contributed by atoms with van der Waals surface area (Å²) in [4.78, 5) is 0. The number of ether oxygens (including phenoxy) is 2. The Labute approximate surface area is 180 Å². The molecule has 1 aliphatic heterocycles. The predicted molar refractivity (Wildman–Crippen MR) is 123 cm³/mol. The highest BCUT2D eigenvalue weighted by Crippen LogP contribution is 2.40. The molecule has 4 heteroatoms. The van der Waals surface area contributed by atoms with Crippen molar-refractivity contribution >= 4 is 18.7 Å². The third-order valence-corrected chi connectivity index (χ3v) is 10.6. The number of epoxide rings is 1. The van der Waals surface area contributed by atoms with Crippen molar-refractivity contribution < 1.29 is 13.9 Å². The van der Waals surface area contributed by atoms with Crippen LogP contribution < -0.4 is 10.4 Å². The summed E-state index contributed by atoms with van der Waals surface area (Å²) in [5.41, 5.74) is 1.17. The van der Waals surface area contributed by atoms with Crippen molar-refractivity contribution in [2.24, 2.45) is 0 Å². The Morgan fingerprint density at radius 3 is 1.77 bits per heavy atom. The van der Waals surface area contributed by atoms with Gasteiger partial charge in [0.1, 0.15) is 6.10 Å². The average molecular weight is 419 g/mol.